The molecule has 2 unspecified atom stereocenters. The van der Waals surface area contributed by atoms with Gasteiger partial charge >= 0.3 is 0 Å². The first-order valence-electron chi connectivity index (χ1n) is 5.83. The summed E-state index contributed by atoms with van der Waals surface area (Å²) in [5.74, 6) is -0.314. The van der Waals surface area contributed by atoms with Crippen LogP contribution in [0.5, 0.6) is 0 Å². The molecule has 1 aromatic rings. The molecule has 0 aliphatic carbocycles. The summed E-state index contributed by atoms with van der Waals surface area (Å²) in [4.78, 5) is 12.0. The molecule has 2 atom stereocenters. The van der Waals surface area contributed by atoms with E-state index < -0.39 is 9.05 Å². The molecular formula is C11H14ClNO4S2. The highest BCUT2D eigenvalue weighted by Crippen LogP contribution is 2.24. The van der Waals surface area contributed by atoms with Crippen LogP contribution in [0.25, 0.3) is 0 Å². The van der Waals surface area contributed by atoms with Crippen molar-refractivity contribution in [2.24, 2.45) is 0 Å². The van der Waals surface area contributed by atoms with Crippen LogP contribution >= 0.6 is 22.0 Å². The van der Waals surface area contributed by atoms with Crippen molar-refractivity contribution in [1.82, 2.24) is 5.32 Å². The van der Waals surface area contributed by atoms with Crippen LogP contribution in [0.3, 0.4) is 0 Å². The number of nitrogens with one attached hydrogen (secondary N) is 1. The maximum Gasteiger partial charge on any atom is 0.270 e. The van der Waals surface area contributed by atoms with Crippen molar-refractivity contribution >= 4 is 37.0 Å². The fourth-order valence-electron chi connectivity index (χ4n) is 1.94. The molecular weight excluding hydrogens is 310 g/mol. The normalized spacial score (nSPS) is 21.3. The molecule has 19 heavy (non-hydrogen) atoms. The minimum atomic E-state index is -3.77. The smallest absolute Gasteiger partial charge is 0.270 e. The van der Waals surface area contributed by atoms with E-state index in [-0.39, 0.29) is 22.3 Å². The van der Waals surface area contributed by atoms with Crippen molar-refractivity contribution in [1.29, 1.82) is 0 Å². The summed E-state index contributed by atoms with van der Waals surface area (Å²) in [5, 5.41) is 4.29. The molecule has 1 saturated heterocycles. The highest BCUT2D eigenvalue weighted by atomic mass is 35.7. The number of rotatable bonds is 4. The van der Waals surface area contributed by atoms with Gasteiger partial charge < -0.3 is 10.1 Å². The molecule has 8 heteroatoms. The van der Waals surface area contributed by atoms with Crippen molar-refractivity contribution in [3.8, 4) is 0 Å². The summed E-state index contributed by atoms with van der Waals surface area (Å²) in [6.07, 6.45) is 1.95. The zero-order valence-corrected chi connectivity index (χ0v) is 12.6. The largest absolute Gasteiger partial charge is 0.376 e. The summed E-state index contributed by atoms with van der Waals surface area (Å²) in [7, 11) is 1.44. The van der Waals surface area contributed by atoms with Crippen LogP contribution in [-0.2, 0) is 13.8 Å². The molecule has 0 radical (unpaired) electrons. The third-order valence-corrected chi connectivity index (χ3v) is 6.00. The van der Waals surface area contributed by atoms with Crippen LogP contribution in [-0.4, -0.2) is 33.1 Å². The third-order valence-electron chi connectivity index (χ3n) is 2.96. The summed E-state index contributed by atoms with van der Waals surface area (Å²) >= 11 is 0.932. The Kier molecular flexibility index (Phi) is 4.50. The van der Waals surface area contributed by atoms with Crippen molar-refractivity contribution in [3.05, 3.63) is 17.0 Å². The average Bonchev–Trinajstić information content (AvgIpc) is 3.00. The van der Waals surface area contributed by atoms with Crippen LogP contribution in [0.2, 0.25) is 0 Å². The van der Waals surface area contributed by atoms with Crippen molar-refractivity contribution in [3.63, 3.8) is 0 Å². The predicted octanol–water partition coefficient (Wildman–Crippen LogP) is 1.97. The lowest BCUT2D eigenvalue weighted by atomic mass is 10.1. The van der Waals surface area contributed by atoms with Crippen molar-refractivity contribution in [2.45, 2.75) is 36.1 Å². The Balaban J connectivity index is 2.01. The molecule has 1 fully saturated rings. The van der Waals surface area contributed by atoms with E-state index in [1.807, 2.05) is 6.92 Å². The predicted molar refractivity (Wildman–Crippen MR) is 73.3 cm³/mol. The Morgan fingerprint density at radius 3 is 2.89 bits per heavy atom. The minimum absolute atomic E-state index is 0.0240. The van der Waals surface area contributed by atoms with Gasteiger partial charge in [0.1, 0.15) is 4.21 Å². The van der Waals surface area contributed by atoms with Crippen LogP contribution < -0.4 is 5.32 Å². The lowest BCUT2D eigenvalue weighted by molar-refractivity contribution is 0.0712. The van der Waals surface area contributed by atoms with E-state index in [0.29, 0.717) is 5.56 Å². The van der Waals surface area contributed by atoms with E-state index in [4.69, 9.17) is 15.4 Å². The quantitative estimate of drug-likeness (QED) is 0.860. The molecule has 0 spiro atoms. The van der Waals surface area contributed by atoms with Gasteiger partial charge in [0.2, 0.25) is 0 Å². The number of carbonyl (C=O) groups excluding carboxylic acids is 1. The Labute approximate surface area is 120 Å². The van der Waals surface area contributed by atoms with Crippen LogP contribution in [0.15, 0.2) is 15.7 Å². The zero-order valence-electron chi connectivity index (χ0n) is 10.3. The molecule has 2 heterocycles. The van der Waals surface area contributed by atoms with Crippen molar-refractivity contribution in [2.75, 3.05) is 6.61 Å². The third kappa shape index (κ3) is 3.68. The Hall–Kier alpha value is -0.630. The van der Waals surface area contributed by atoms with Crippen LogP contribution in [0, 0.1) is 0 Å². The van der Waals surface area contributed by atoms with Gasteiger partial charge in [-0.3, -0.25) is 4.79 Å². The topological polar surface area (TPSA) is 72.5 Å². The van der Waals surface area contributed by atoms with Gasteiger partial charge in [-0.05, 0) is 25.8 Å². The maximum atomic E-state index is 12.0. The number of hydrogen-bond donors (Lipinski definition) is 1. The van der Waals surface area contributed by atoms with Gasteiger partial charge in [-0.25, -0.2) is 8.42 Å². The molecule has 1 N–H and O–H groups in total. The first-order valence-corrected chi connectivity index (χ1v) is 9.02. The number of hydrogen-bond acceptors (Lipinski definition) is 5. The van der Waals surface area contributed by atoms with Gasteiger partial charge in [0, 0.05) is 22.7 Å². The molecule has 1 aromatic heterocycles. The summed E-state index contributed by atoms with van der Waals surface area (Å²) in [5.41, 5.74) is 0.300. The second kappa shape index (κ2) is 5.78. The number of halogens is 1. The monoisotopic (exact) mass is 323 g/mol. The van der Waals surface area contributed by atoms with Gasteiger partial charge in [0.05, 0.1) is 17.7 Å². The molecule has 0 bridgehead atoms. The molecule has 0 saturated carbocycles. The Bertz CT molecular complexity index is 563. The van der Waals surface area contributed by atoms with E-state index in [1.54, 1.807) is 0 Å². The Morgan fingerprint density at radius 1 is 1.63 bits per heavy atom. The molecule has 106 valence electrons. The van der Waals surface area contributed by atoms with E-state index in [2.05, 4.69) is 5.32 Å². The maximum absolute atomic E-state index is 12.0. The standard InChI is InChI=1S/C11H14ClNO4S2/c1-7(9-3-2-4-17-9)13-11(14)8-5-10(18-6-8)19(12,15)16/h5-7,9H,2-4H2,1H3,(H,13,14). The minimum Gasteiger partial charge on any atom is -0.376 e. The lowest BCUT2D eigenvalue weighted by Crippen LogP contribution is -2.40. The highest BCUT2D eigenvalue weighted by molar-refractivity contribution is 8.15. The summed E-state index contributed by atoms with van der Waals surface area (Å²) in [6, 6.07) is 1.18. The van der Waals surface area contributed by atoms with Gasteiger partial charge in [0.25, 0.3) is 15.0 Å². The number of ether oxygens (including phenoxy) is 1. The molecule has 0 aromatic carbocycles. The number of thiophene rings is 1. The SMILES string of the molecule is CC(NC(=O)c1csc(S(=O)(=O)Cl)c1)C1CCCO1. The van der Waals surface area contributed by atoms with Gasteiger partial charge in [-0.2, -0.15) is 0 Å². The van der Waals surface area contributed by atoms with Crippen LogP contribution in [0.4, 0.5) is 0 Å². The number of amides is 1. The van der Waals surface area contributed by atoms with Gasteiger partial charge in [-0.1, -0.05) is 0 Å². The van der Waals surface area contributed by atoms with E-state index in [1.165, 1.54) is 11.4 Å². The van der Waals surface area contributed by atoms with Crippen LogP contribution in [0.1, 0.15) is 30.1 Å². The first-order chi connectivity index (χ1) is 8.88. The van der Waals surface area contributed by atoms with E-state index in [0.717, 1.165) is 30.8 Å². The molecule has 5 nitrogen and oxygen atoms in total. The van der Waals surface area contributed by atoms with E-state index >= 15 is 0 Å². The second-order valence-corrected chi connectivity index (χ2v) is 8.11. The molecule has 1 aliphatic heterocycles. The second-order valence-electron chi connectivity index (χ2n) is 4.41. The first kappa shape index (κ1) is 14.8. The highest BCUT2D eigenvalue weighted by Gasteiger charge is 2.25. The molecule has 1 amide bonds. The lowest BCUT2D eigenvalue weighted by Gasteiger charge is -2.19. The summed E-state index contributed by atoms with van der Waals surface area (Å²) in [6.45, 7) is 2.59. The number of carbonyl (C=O) groups is 1. The summed E-state index contributed by atoms with van der Waals surface area (Å²) < 4.78 is 27.7. The van der Waals surface area contributed by atoms with Gasteiger partial charge in [0.15, 0.2) is 0 Å². The zero-order chi connectivity index (χ0) is 14.0. The fourth-order valence-corrected chi connectivity index (χ4v) is 3.89. The van der Waals surface area contributed by atoms with Gasteiger partial charge in [-0.15, -0.1) is 11.3 Å². The Morgan fingerprint density at radius 2 is 2.37 bits per heavy atom. The van der Waals surface area contributed by atoms with Crippen molar-refractivity contribution < 1.29 is 17.9 Å². The fraction of sp³-hybridized carbons (Fsp3) is 0.545. The molecule has 1 aliphatic rings. The average molecular weight is 324 g/mol. The van der Waals surface area contributed by atoms with E-state index in [9.17, 15) is 13.2 Å². The molecule has 2 rings (SSSR count).